The van der Waals surface area contributed by atoms with Crippen molar-refractivity contribution < 1.29 is 9.09 Å². The Morgan fingerprint density at radius 1 is 1.33 bits per heavy atom. The van der Waals surface area contributed by atoms with Crippen LogP contribution in [0.2, 0.25) is 0 Å². The molecule has 0 N–H and O–H groups in total. The molecule has 0 aromatic heterocycles. The molecule has 0 heterocycles. The van der Waals surface area contributed by atoms with Crippen LogP contribution in [0.3, 0.4) is 0 Å². The van der Waals surface area contributed by atoms with Gasteiger partial charge in [0.2, 0.25) is 0 Å². The highest BCUT2D eigenvalue weighted by Crippen LogP contribution is 2.17. The summed E-state index contributed by atoms with van der Waals surface area (Å²) in [6, 6.07) is 0. The van der Waals surface area contributed by atoms with Gasteiger partial charge in [-0.3, -0.25) is 4.70 Å². The van der Waals surface area contributed by atoms with E-state index in [0.29, 0.717) is 6.42 Å². The van der Waals surface area contributed by atoms with E-state index >= 15 is 0 Å². The Labute approximate surface area is 53.4 Å². The maximum atomic E-state index is 12.2. The van der Waals surface area contributed by atoms with Gasteiger partial charge in [0, 0.05) is 6.42 Å². The Morgan fingerprint density at radius 3 is 2.33 bits per heavy atom. The van der Waals surface area contributed by atoms with Crippen LogP contribution >= 0.6 is 0 Å². The van der Waals surface area contributed by atoms with Crippen LogP contribution in [0.15, 0.2) is 23.6 Å². The van der Waals surface area contributed by atoms with Gasteiger partial charge in [-0.05, 0) is 19.4 Å². The van der Waals surface area contributed by atoms with Crippen molar-refractivity contribution in [3.63, 3.8) is 0 Å². The fourth-order valence-corrected chi connectivity index (χ4v) is 0.716. The van der Waals surface area contributed by atoms with Crippen LogP contribution in [0.25, 0.3) is 0 Å². The van der Waals surface area contributed by atoms with Crippen molar-refractivity contribution in [2.45, 2.75) is 19.8 Å². The Bertz CT molecular complexity index is 127. The summed E-state index contributed by atoms with van der Waals surface area (Å²) in [7, 11) is 0. The van der Waals surface area contributed by atoms with Gasteiger partial charge in [-0.1, -0.05) is 11.6 Å². The van der Waals surface area contributed by atoms with Gasteiger partial charge in [0.15, 0.2) is 0 Å². The molecule has 52 valence electrons. The fourth-order valence-electron chi connectivity index (χ4n) is 0.716. The first-order valence-corrected chi connectivity index (χ1v) is 2.81. The second-order valence-corrected chi connectivity index (χ2v) is 2.13. The molecule has 0 unspecified atom stereocenters. The van der Waals surface area contributed by atoms with Crippen molar-refractivity contribution in [3.8, 4) is 0 Å². The van der Waals surface area contributed by atoms with E-state index in [1.807, 2.05) is 13.0 Å². The number of allylic oxidation sites excluding steroid dienone is 4. The Kier molecular flexibility index (Phi) is 3.13. The lowest BCUT2D eigenvalue weighted by Crippen LogP contribution is -1.84. The summed E-state index contributed by atoms with van der Waals surface area (Å²) in [4.78, 5) is 0. The van der Waals surface area contributed by atoms with Crippen molar-refractivity contribution in [3.05, 3.63) is 23.6 Å². The van der Waals surface area contributed by atoms with Crippen LogP contribution in [0.5, 0.6) is 0 Å². The maximum Gasteiger partial charge on any atom is 0.100 e. The summed E-state index contributed by atoms with van der Waals surface area (Å²) in [5.41, 5.74) is 1.27. The molecule has 1 rings (SSSR count). The van der Waals surface area contributed by atoms with Crippen LogP contribution in [0, 0.1) is 0 Å². The third kappa shape index (κ3) is 2.40. The van der Waals surface area contributed by atoms with E-state index in [4.69, 9.17) is 0 Å². The molecule has 0 saturated carbocycles. The minimum atomic E-state index is 0. The molecule has 0 aromatic carbocycles. The van der Waals surface area contributed by atoms with Crippen molar-refractivity contribution in [1.29, 1.82) is 0 Å². The van der Waals surface area contributed by atoms with E-state index in [0.717, 1.165) is 6.42 Å². The first-order chi connectivity index (χ1) is 3.79. The van der Waals surface area contributed by atoms with Gasteiger partial charge in [0.1, 0.15) is 5.83 Å². The Balaban J connectivity index is 0.000000640. The van der Waals surface area contributed by atoms with Crippen molar-refractivity contribution in [1.82, 2.24) is 0 Å². The topological polar surface area (TPSA) is 0 Å². The molecule has 0 aromatic rings. The van der Waals surface area contributed by atoms with Gasteiger partial charge in [-0.15, -0.1) is 0 Å². The highest BCUT2D eigenvalue weighted by molar-refractivity contribution is 5.18. The zero-order chi connectivity index (χ0) is 5.98. The molecule has 0 nitrogen and oxygen atoms in total. The number of halogens is 2. The van der Waals surface area contributed by atoms with Crippen LogP contribution < -0.4 is 0 Å². The molecule has 0 aliphatic heterocycles. The van der Waals surface area contributed by atoms with Gasteiger partial charge in [-0.25, -0.2) is 4.39 Å². The van der Waals surface area contributed by atoms with E-state index in [9.17, 15) is 4.39 Å². The summed E-state index contributed by atoms with van der Waals surface area (Å²) in [6.07, 6.45) is 4.86. The Hall–Kier alpha value is -0.660. The fraction of sp³-hybridized carbons (Fsp3) is 0.429. The lowest BCUT2D eigenvalue weighted by Gasteiger charge is -2.02. The first kappa shape index (κ1) is 8.34. The van der Waals surface area contributed by atoms with Gasteiger partial charge in [0.25, 0.3) is 0 Å². The third-order valence-corrected chi connectivity index (χ3v) is 1.31. The SMILES string of the molecule is CC1=CC=C(F)CC1.F. The lowest BCUT2D eigenvalue weighted by atomic mass is 10.1. The molecule has 0 atom stereocenters. The van der Waals surface area contributed by atoms with Crippen LogP contribution in [0.4, 0.5) is 9.09 Å². The van der Waals surface area contributed by atoms with Gasteiger partial charge in [0.05, 0.1) is 0 Å². The molecule has 0 bridgehead atoms. The summed E-state index contributed by atoms with van der Waals surface area (Å²) in [6.45, 7) is 2.02. The van der Waals surface area contributed by atoms with E-state index in [-0.39, 0.29) is 10.5 Å². The van der Waals surface area contributed by atoms with E-state index in [2.05, 4.69) is 0 Å². The monoisotopic (exact) mass is 132 g/mol. The average Bonchev–Trinajstić information content (AvgIpc) is 1.77. The predicted molar refractivity (Wildman–Crippen MR) is 34.7 cm³/mol. The van der Waals surface area contributed by atoms with Gasteiger partial charge >= 0.3 is 0 Å². The maximum absolute atomic E-state index is 12.2. The molecule has 1 aliphatic carbocycles. The van der Waals surface area contributed by atoms with E-state index in [1.165, 1.54) is 5.57 Å². The molecule has 0 saturated heterocycles. The quantitative estimate of drug-likeness (QED) is 0.475. The summed E-state index contributed by atoms with van der Waals surface area (Å²) in [5.74, 6) is 0.00981. The van der Waals surface area contributed by atoms with Crippen molar-refractivity contribution in [2.75, 3.05) is 0 Å². The minimum Gasteiger partial charge on any atom is -0.269 e. The van der Waals surface area contributed by atoms with Crippen molar-refractivity contribution >= 4 is 0 Å². The summed E-state index contributed by atoms with van der Waals surface area (Å²) >= 11 is 0. The molecule has 0 spiro atoms. The molecule has 9 heavy (non-hydrogen) atoms. The zero-order valence-electron chi connectivity index (χ0n) is 5.36. The van der Waals surface area contributed by atoms with Crippen LogP contribution in [-0.4, -0.2) is 0 Å². The minimum absolute atomic E-state index is 0. The second-order valence-electron chi connectivity index (χ2n) is 2.13. The van der Waals surface area contributed by atoms with Gasteiger partial charge < -0.3 is 0 Å². The third-order valence-electron chi connectivity index (χ3n) is 1.31. The second kappa shape index (κ2) is 3.38. The van der Waals surface area contributed by atoms with Crippen LogP contribution in [-0.2, 0) is 0 Å². The molecule has 0 fully saturated rings. The molecule has 0 amide bonds. The highest BCUT2D eigenvalue weighted by Gasteiger charge is 1.99. The van der Waals surface area contributed by atoms with Gasteiger partial charge in [-0.2, -0.15) is 0 Å². The standard InChI is InChI=1S/C7H9F.FH/c1-6-2-4-7(8)5-3-6;/h2,4H,3,5H2,1H3;1H. The lowest BCUT2D eigenvalue weighted by molar-refractivity contribution is 0.582. The van der Waals surface area contributed by atoms with E-state index in [1.54, 1.807) is 6.08 Å². The summed E-state index contributed by atoms with van der Waals surface area (Å²) < 4.78 is 12.2. The number of rotatable bonds is 0. The smallest absolute Gasteiger partial charge is 0.100 e. The number of hydrogen-bond donors (Lipinski definition) is 0. The molecule has 2 heteroatoms. The average molecular weight is 132 g/mol. The Morgan fingerprint density at radius 2 is 2.00 bits per heavy atom. The normalized spacial score (nSPS) is 17.6. The summed E-state index contributed by atoms with van der Waals surface area (Å²) in [5, 5.41) is 0. The van der Waals surface area contributed by atoms with Crippen molar-refractivity contribution in [2.24, 2.45) is 0 Å². The zero-order valence-corrected chi connectivity index (χ0v) is 5.36. The molecule has 1 aliphatic rings. The van der Waals surface area contributed by atoms with E-state index < -0.39 is 0 Å². The largest absolute Gasteiger partial charge is 0.269 e. The molecular weight excluding hydrogens is 122 g/mol. The first-order valence-electron chi connectivity index (χ1n) is 2.81. The predicted octanol–water partition coefficient (Wildman–Crippen LogP) is 2.73. The molecule has 0 radical (unpaired) electrons. The number of hydrogen-bond acceptors (Lipinski definition) is 0. The highest BCUT2D eigenvalue weighted by atomic mass is 19.1. The van der Waals surface area contributed by atoms with Crippen LogP contribution in [0.1, 0.15) is 19.8 Å². The molecular formula is C7H10F2.